The zero-order valence-corrected chi connectivity index (χ0v) is 19.2. The molecule has 6 heteroatoms. The van der Waals surface area contributed by atoms with E-state index in [4.69, 9.17) is 4.74 Å². The van der Waals surface area contributed by atoms with Gasteiger partial charge in [0.1, 0.15) is 5.75 Å². The van der Waals surface area contributed by atoms with Crippen molar-refractivity contribution in [2.45, 2.75) is 31.7 Å². The Balaban J connectivity index is 1.29. The molecule has 0 saturated carbocycles. The van der Waals surface area contributed by atoms with Crippen LogP contribution in [0.25, 0.3) is 5.69 Å². The van der Waals surface area contributed by atoms with Crippen LogP contribution in [0.1, 0.15) is 31.0 Å². The number of anilines is 1. The third-order valence-corrected chi connectivity index (χ3v) is 6.88. The molecule has 160 valence electrons. The van der Waals surface area contributed by atoms with Crippen LogP contribution >= 0.6 is 15.9 Å². The van der Waals surface area contributed by atoms with E-state index < -0.39 is 0 Å². The summed E-state index contributed by atoms with van der Waals surface area (Å²) < 4.78 is 8.85. The molecule has 1 N–H and O–H groups in total. The van der Waals surface area contributed by atoms with Crippen molar-refractivity contribution in [2.24, 2.45) is 0 Å². The number of fused-ring (bicyclic) bond motifs is 4. The molecule has 31 heavy (non-hydrogen) atoms. The van der Waals surface area contributed by atoms with Gasteiger partial charge in [0.15, 0.2) is 0 Å². The highest BCUT2D eigenvalue weighted by Crippen LogP contribution is 2.44. The molecule has 2 aliphatic rings. The Hall–Kier alpha value is -2.73. The number of likely N-dealkylation sites (tertiary alicyclic amines) is 1. The van der Waals surface area contributed by atoms with E-state index in [1.807, 2.05) is 36.1 Å². The maximum Gasteiger partial charge on any atom is 0.226 e. The second-order valence-corrected chi connectivity index (χ2v) is 9.18. The van der Waals surface area contributed by atoms with Gasteiger partial charge in [-0.25, -0.2) is 0 Å². The topological polar surface area (TPSA) is 46.5 Å². The molecule has 3 aromatic rings. The van der Waals surface area contributed by atoms with E-state index in [1.165, 1.54) is 5.69 Å². The number of hydrogen-bond donors (Lipinski definition) is 1. The molecule has 0 unspecified atom stereocenters. The Kier molecular flexibility index (Phi) is 5.26. The van der Waals surface area contributed by atoms with E-state index in [2.05, 4.69) is 62.3 Å². The minimum Gasteiger partial charge on any atom is -0.494 e. The summed E-state index contributed by atoms with van der Waals surface area (Å²) in [6.45, 7) is 4.11. The van der Waals surface area contributed by atoms with Crippen LogP contribution in [0.5, 0.6) is 5.75 Å². The maximum absolute atomic E-state index is 12.9. The Morgan fingerprint density at radius 1 is 1.13 bits per heavy atom. The molecule has 0 radical (unpaired) electrons. The lowest BCUT2D eigenvalue weighted by Gasteiger charge is -2.46. The number of halogens is 1. The third kappa shape index (κ3) is 3.74. The fraction of sp³-hybridized carbons (Fsp3) is 0.320. The van der Waals surface area contributed by atoms with E-state index in [9.17, 15) is 4.79 Å². The Morgan fingerprint density at radius 2 is 1.90 bits per heavy atom. The molecule has 0 atom stereocenters. The van der Waals surface area contributed by atoms with Crippen LogP contribution in [0, 0.1) is 0 Å². The fourth-order valence-electron chi connectivity index (χ4n) is 4.79. The average molecular weight is 480 g/mol. The van der Waals surface area contributed by atoms with Crippen LogP contribution in [-0.2, 0) is 16.8 Å². The van der Waals surface area contributed by atoms with E-state index in [0.29, 0.717) is 13.0 Å². The van der Waals surface area contributed by atoms with Gasteiger partial charge in [0.2, 0.25) is 5.91 Å². The normalized spacial score (nSPS) is 16.4. The number of aromatic nitrogens is 1. The first-order valence-electron chi connectivity index (χ1n) is 10.8. The summed E-state index contributed by atoms with van der Waals surface area (Å²) in [5, 5.41) is 3.82. The number of nitrogens with zero attached hydrogens (tertiary/aromatic N) is 2. The lowest BCUT2D eigenvalue weighted by molar-refractivity contribution is -0.132. The molecule has 1 amide bonds. The van der Waals surface area contributed by atoms with Crippen molar-refractivity contribution in [1.82, 2.24) is 9.47 Å². The monoisotopic (exact) mass is 479 g/mol. The lowest BCUT2D eigenvalue weighted by atomic mass is 9.82. The van der Waals surface area contributed by atoms with Crippen LogP contribution in [0.15, 0.2) is 65.3 Å². The summed E-state index contributed by atoms with van der Waals surface area (Å²) >= 11 is 3.59. The van der Waals surface area contributed by atoms with Gasteiger partial charge in [0, 0.05) is 29.5 Å². The number of benzene rings is 2. The van der Waals surface area contributed by atoms with Crippen molar-refractivity contribution >= 4 is 27.5 Å². The van der Waals surface area contributed by atoms with E-state index in [-0.39, 0.29) is 11.4 Å². The first-order valence-corrected chi connectivity index (χ1v) is 11.6. The minimum atomic E-state index is -0.139. The first kappa shape index (κ1) is 20.2. The van der Waals surface area contributed by atoms with Crippen molar-refractivity contribution in [3.05, 3.63) is 76.5 Å². The van der Waals surface area contributed by atoms with Crippen LogP contribution in [0.3, 0.4) is 0 Å². The van der Waals surface area contributed by atoms with Crippen molar-refractivity contribution in [2.75, 3.05) is 25.0 Å². The van der Waals surface area contributed by atoms with Crippen molar-refractivity contribution in [3.63, 3.8) is 0 Å². The van der Waals surface area contributed by atoms with Crippen LogP contribution < -0.4 is 10.1 Å². The standard InChI is InChI=1S/C25H26BrN3O2/c1-2-31-20-8-5-18(6-9-20)16-24(30)28-14-11-25(12-15-28)23-4-3-13-29(23)22-17-19(26)7-10-21(22)27-25/h3-10,13,17,27H,2,11-12,14-16H2,1H3. The van der Waals surface area contributed by atoms with E-state index in [0.717, 1.165) is 53.1 Å². The van der Waals surface area contributed by atoms with Crippen LogP contribution in [-0.4, -0.2) is 35.1 Å². The number of rotatable bonds is 4. The molecule has 1 fully saturated rings. The average Bonchev–Trinajstić information content (AvgIpc) is 3.28. The zero-order valence-electron chi connectivity index (χ0n) is 17.6. The molecule has 5 nitrogen and oxygen atoms in total. The van der Waals surface area contributed by atoms with E-state index >= 15 is 0 Å². The Bertz CT molecular complexity index is 1100. The smallest absolute Gasteiger partial charge is 0.226 e. The van der Waals surface area contributed by atoms with Crippen molar-refractivity contribution in [1.29, 1.82) is 0 Å². The van der Waals surface area contributed by atoms with Gasteiger partial charge in [-0.05, 0) is 67.8 Å². The van der Waals surface area contributed by atoms with Gasteiger partial charge in [-0.1, -0.05) is 28.1 Å². The van der Waals surface area contributed by atoms with Crippen LogP contribution in [0.4, 0.5) is 5.69 Å². The predicted octanol–water partition coefficient (Wildman–Crippen LogP) is 5.12. The molecule has 1 spiro atoms. The molecule has 2 aromatic carbocycles. The van der Waals surface area contributed by atoms with Crippen molar-refractivity contribution in [3.8, 4) is 11.4 Å². The number of nitrogens with one attached hydrogen (secondary N) is 1. The van der Waals surface area contributed by atoms with Gasteiger partial charge in [-0.15, -0.1) is 0 Å². The molecule has 1 saturated heterocycles. The fourth-order valence-corrected chi connectivity index (χ4v) is 5.14. The number of carbonyl (C=O) groups excluding carboxylic acids is 1. The third-order valence-electron chi connectivity index (χ3n) is 6.39. The molecule has 5 rings (SSSR count). The largest absolute Gasteiger partial charge is 0.494 e. The number of amides is 1. The summed E-state index contributed by atoms with van der Waals surface area (Å²) in [4.78, 5) is 15.0. The van der Waals surface area contributed by atoms with Gasteiger partial charge in [0.25, 0.3) is 0 Å². The Morgan fingerprint density at radius 3 is 2.65 bits per heavy atom. The maximum atomic E-state index is 12.9. The molecular weight excluding hydrogens is 454 g/mol. The number of carbonyl (C=O) groups is 1. The summed E-state index contributed by atoms with van der Waals surface area (Å²) in [7, 11) is 0. The van der Waals surface area contributed by atoms with Crippen LogP contribution in [0.2, 0.25) is 0 Å². The van der Waals surface area contributed by atoms with Gasteiger partial charge in [-0.3, -0.25) is 4.79 Å². The quantitative estimate of drug-likeness (QED) is 0.564. The Labute approximate surface area is 191 Å². The molecule has 1 aromatic heterocycles. The predicted molar refractivity (Wildman–Crippen MR) is 126 cm³/mol. The van der Waals surface area contributed by atoms with E-state index in [1.54, 1.807) is 0 Å². The van der Waals surface area contributed by atoms with Gasteiger partial charge in [-0.2, -0.15) is 0 Å². The second kappa shape index (κ2) is 8.08. The molecule has 3 heterocycles. The SMILES string of the molecule is CCOc1ccc(CC(=O)N2CCC3(CC2)Nc2ccc(Br)cc2-n2cccc23)cc1. The summed E-state index contributed by atoms with van der Waals surface area (Å²) in [6, 6.07) is 18.5. The highest BCUT2D eigenvalue weighted by atomic mass is 79.9. The molecular formula is C25H26BrN3O2. The van der Waals surface area contributed by atoms with Crippen molar-refractivity contribution < 1.29 is 9.53 Å². The molecule has 0 bridgehead atoms. The number of ether oxygens (including phenoxy) is 1. The minimum absolute atomic E-state index is 0.139. The second-order valence-electron chi connectivity index (χ2n) is 8.27. The molecule has 2 aliphatic heterocycles. The highest BCUT2D eigenvalue weighted by Gasteiger charge is 2.42. The van der Waals surface area contributed by atoms with Gasteiger partial charge < -0.3 is 19.5 Å². The first-order chi connectivity index (χ1) is 15.1. The number of hydrogen-bond acceptors (Lipinski definition) is 3. The van der Waals surface area contributed by atoms with Gasteiger partial charge >= 0.3 is 0 Å². The highest BCUT2D eigenvalue weighted by molar-refractivity contribution is 9.10. The molecule has 0 aliphatic carbocycles. The number of piperidine rings is 1. The van der Waals surface area contributed by atoms with Gasteiger partial charge in [0.05, 0.1) is 29.9 Å². The summed E-state index contributed by atoms with van der Waals surface area (Å²) in [6.07, 6.45) is 4.34. The zero-order chi connectivity index (χ0) is 21.4. The summed E-state index contributed by atoms with van der Waals surface area (Å²) in [5.74, 6) is 1.03. The lowest BCUT2D eigenvalue weighted by Crippen LogP contribution is -2.51. The summed E-state index contributed by atoms with van der Waals surface area (Å²) in [5.41, 5.74) is 4.46.